The van der Waals surface area contributed by atoms with Crippen LogP contribution in [0.3, 0.4) is 0 Å². The fourth-order valence-corrected chi connectivity index (χ4v) is 2.49. The van der Waals surface area contributed by atoms with Crippen molar-refractivity contribution in [2.45, 2.75) is 46.1 Å². The first-order valence-electron chi connectivity index (χ1n) is 7.02. The molecule has 20 heavy (non-hydrogen) atoms. The standard InChI is InChI=1S/C16H25N3S/c1-5-6-10-19(16(2,3)4)14-9-7-8-13(11-14)15(18)20-12-17/h7-9,11-12,17-18H,5-6,10H2,1-4H3. The minimum absolute atomic E-state index is 0.0602. The summed E-state index contributed by atoms with van der Waals surface area (Å²) in [5, 5.41) is 15.5. The average Bonchev–Trinajstić information content (AvgIpc) is 2.38. The van der Waals surface area contributed by atoms with Gasteiger partial charge in [0.2, 0.25) is 0 Å². The van der Waals surface area contributed by atoms with E-state index in [1.165, 1.54) is 12.0 Å². The van der Waals surface area contributed by atoms with Gasteiger partial charge in [-0.05, 0) is 39.3 Å². The first kappa shape index (κ1) is 16.8. The summed E-state index contributed by atoms with van der Waals surface area (Å²) >= 11 is 1.14. The third-order valence-corrected chi connectivity index (χ3v) is 3.73. The lowest BCUT2D eigenvalue weighted by Gasteiger charge is -2.38. The van der Waals surface area contributed by atoms with E-state index in [1.54, 1.807) is 0 Å². The van der Waals surface area contributed by atoms with Gasteiger partial charge in [-0.3, -0.25) is 5.41 Å². The van der Waals surface area contributed by atoms with Gasteiger partial charge in [0.1, 0.15) is 0 Å². The van der Waals surface area contributed by atoms with E-state index in [2.05, 4.69) is 44.7 Å². The van der Waals surface area contributed by atoms with E-state index in [0.717, 1.165) is 36.0 Å². The zero-order valence-corrected chi connectivity index (χ0v) is 13.7. The lowest BCUT2D eigenvalue weighted by atomic mass is 10.0. The second kappa shape index (κ2) is 7.48. The molecule has 0 atom stereocenters. The Labute approximate surface area is 126 Å². The first-order chi connectivity index (χ1) is 9.40. The van der Waals surface area contributed by atoms with E-state index in [0.29, 0.717) is 5.04 Å². The van der Waals surface area contributed by atoms with E-state index in [1.807, 2.05) is 12.1 Å². The lowest BCUT2D eigenvalue weighted by molar-refractivity contribution is 0.494. The van der Waals surface area contributed by atoms with Crippen LogP contribution in [-0.4, -0.2) is 22.7 Å². The molecule has 4 heteroatoms. The molecule has 110 valence electrons. The Morgan fingerprint density at radius 1 is 1.35 bits per heavy atom. The van der Waals surface area contributed by atoms with Crippen molar-refractivity contribution in [1.29, 1.82) is 10.8 Å². The normalized spacial score (nSPS) is 11.2. The van der Waals surface area contributed by atoms with E-state index in [4.69, 9.17) is 10.8 Å². The molecule has 0 unspecified atom stereocenters. The SMILES string of the molecule is CCCCN(c1cccc(C(=N)SC=N)c1)C(C)(C)C. The Kier molecular flexibility index (Phi) is 6.27. The molecule has 0 aliphatic heterocycles. The van der Waals surface area contributed by atoms with Crippen LogP contribution in [0.4, 0.5) is 5.69 Å². The molecule has 0 aromatic heterocycles. The summed E-state index contributed by atoms with van der Waals surface area (Å²) in [6.07, 6.45) is 2.33. The number of hydrogen-bond donors (Lipinski definition) is 2. The summed E-state index contributed by atoms with van der Waals surface area (Å²) in [7, 11) is 0. The van der Waals surface area contributed by atoms with Crippen LogP contribution < -0.4 is 4.90 Å². The van der Waals surface area contributed by atoms with Crippen LogP contribution in [0.1, 0.15) is 46.1 Å². The molecule has 0 heterocycles. The number of unbranched alkanes of at least 4 members (excludes halogenated alkanes) is 1. The number of nitrogens with zero attached hydrogens (tertiary/aromatic N) is 1. The number of anilines is 1. The number of thioether (sulfide) groups is 1. The molecule has 1 rings (SSSR count). The molecule has 3 nitrogen and oxygen atoms in total. The van der Waals surface area contributed by atoms with Crippen molar-refractivity contribution in [3.63, 3.8) is 0 Å². The monoisotopic (exact) mass is 291 g/mol. The van der Waals surface area contributed by atoms with Crippen molar-refractivity contribution in [3.8, 4) is 0 Å². The molecular weight excluding hydrogens is 266 g/mol. The highest BCUT2D eigenvalue weighted by molar-refractivity contribution is 8.25. The van der Waals surface area contributed by atoms with Crippen molar-refractivity contribution in [1.82, 2.24) is 0 Å². The maximum atomic E-state index is 7.95. The molecule has 0 saturated heterocycles. The van der Waals surface area contributed by atoms with Gasteiger partial charge in [0.15, 0.2) is 0 Å². The largest absolute Gasteiger partial charge is 0.367 e. The van der Waals surface area contributed by atoms with Gasteiger partial charge in [-0.2, -0.15) is 0 Å². The average molecular weight is 291 g/mol. The van der Waals surface area contributed by atoms with Crippen LogP contribution in [0.5, 0.6) is 0 Å². The number of rotatable bonds is 6. The fourth-order valence-electron chi connectivity index (χ4n) is 2.11. The Bertz CT molecular complexity index is 463. The molecule has 0 aliphatic carbocycles. The minimum Gasteiger partial charge on any atom is -0.367 e. The summed E-state index contributed by atoms with van der Waals surface area (Å²) in [6.45, 7) is 9.87. The lowest BCUT2D eigenvalue weighted by Crippen LogP contribution is -2.42. The van der Waals surface area contributed by atoms with Gasteiger partial charge in [0.25, 0.3) is 0 Å². The van der Waals surface area contributed by atoms with Crippen LogP contribution >= 0.6 is 11.8 Å². The highest BCUT2D eigenvalue weighted by Crippen LogP contribution is 2.26. The van der Waals surface area contributed by atoms with Gasteiger partial charge in [-0.1, -0.05) is 37.2 Å². The van der Waals surface area contributed by atoms with Crippen LogP contribution in [0.25, 0.3) is 0 Å². The molecule has 0 saturated carbocycles. The maximum absolute atomic E-state index is 7.95. The van der Waals surface area contributed by atoms with Crippen molar-refractivity contribution in [2.75, 3.05) is 11.4 Å². The Morgan fingerprint density at radius 3 is 2.60 bits per heavy atom. The third-order valence-electron chi connectivity index (χ3n) is 3.14. The maximum Gasteiger partial charge on any atom is 0.1000 e. The first-order valence-corrected chi connectivity index (χ1v) is 7.90. The molecule has 1 aromatic rings. The second-order valence-electron chi connectivity index (χ2n) is 5.79. The van der Waals surface area contributed by atoms with Crippen molar-refractivity contribution >= 4 is 28.0 Å². The number of benzene rings is 1. The summed E-state index contributed by atoms with van der Waals surface area (Å²) < 4.78 is 0. The molecule has 0 fully saturated rings. The van der Waals surface area contributed by atoms with Crippen molar-refractivity contribution in [3.05, 3.63) is 29.8 Å². The molecule has 1 aromatic carbocycles. The predicted octanol–water partition coefficient (Wildman–Crippen LogP) is 4.76. The van der Waals surface area contributed by atoms with E-state index >= 15 is 0 Å². The number of nitrogens with one attached hydrogen (secondary N) is 2. The van der Waals surface area contributed by atoms with Crippen molar-refractivity contribution < 1.29 is 0 Å². The molecule has 0 spiro atoms. The number of hydrogen-bond acceptors (Lipinski definition) is 4. The Morgan fingerprint density at radius 2 is 2.05 bits per heavy atom. The Hall–Kier alpha value is -1.29. The topological polar surface area (TPSA) is 50.9 Å². The van der Waals surface area contributed by atoms with E-state index in [9.17, 15) is 0 Å². The molecule has 0 amide bonds. The summed E-state index contributed by atoms with van der Waals surface area (Å²) in [4.78, 5) is 2.39. The molecular formula is C16H25N3S. The van der Waals surface area contributed by atoms with Crippen LogP contribution in [0.15, 0.2) is 24.3 Å². The van der Waals surface area contributed by atoms with E-state index < -0.39 is 0 Å². The quantitative estimate of drug-likeness (QED) is 0.586. The van der Waals surface area contributed by atoms with Gasteiger partial charge >= 0.3 is 0 Å². The molecule has 2 N–H and O–H groups in total. The highest BCUT2D eigenvalue weighted by atomic mass is 32.2. The molecule has 0 bridgehead atoms. The van der Waals surface area contributed by atoms with Crippen molar-refractivity contribution in [2.24, 2.45) is 0 Å². The van der Waals surface area contributed by atoms with Gasteiger partial charge in [0.05, 0.1) is 10.6 Å². The van der Waals surface area contributed by atoms with Crippen LogP contribution in [-0.2, 0) is 0 Å². The Balaban J connectivity index is 3.05. The zero-order valence-electron chi connectivity index (χ0n) is 12.9. The summed E-state index contributed by atoms with van der Waals surface area (Å²) in [6, 6.07) is 8.09. The van der Waals surface area contributed by atoms with E-state index in [-0.39, 0.29) is 5.54 Å². The van der Waals surface area contributed by atoms with Crippen LogP contribution in [0, 0.1) is 10.8 Å². The smallest absolute Gasteiger partial charge is 0.1000 e. The van der Waals surface area contributed by atoms with Crippen LogP contribution in [0.2, 0.25) is 0 Å². The van der Waals surface area contributed by atoms with Gasteiger partial charge in [0, 0.05) is 23.3 Å². The summed E-state index contributed by atoms with van der Waals surface area (Å²) in [5.41, 5.74) is 3.29. The predicted molar refractivity (Wildman–Crippen MR) is 91.7 cm³/mol. The second-order valence-corrected chi connectivity index (χ2v) is 6.67. The zero-order chi connectivity index (χ0) is 15.2. The van der Waals surface area contributed by atoms with Gasteiger partial charge in [-0.15, -0.1) is 0 Å². The molecule has 0 radical (unpaired) electrons. The van der Waals surface area contributed by atoms with Gasteiger partial charge in [-0.25, -0.2) is 0 Å². The highest BCUT2D eigenvalue weighted by Gasteiger charge is 2.21. The fraction of sp³-hybridized carbons (Fsp3) is 0.500. The minimum atomic E-state index is 0.0602. The summed E-state index contributed by atoms with van der Waals surface area (Å²) in [5.74, 6) is 0. The third kappa shape index (κ3) is 4.67. The molecule has 0 aliphatic rings. The van der Waals surface area contributed by atoms with Gasteiger partial charge < -0.3 is 10.3 Å².